The van der Waals surface area contributed by atoms with E-state index in [-0.39, 0.29) is 17.9 Å². The second-order valence-corrected chi connectivity index (χ2v) is 9.60. The monoisotopic (exact) mass is 534 g/mol. The lowest BCUT2D eigenvalue weighted by atomic mass is 9.94. The van der Waals surface area contributed by atoms with Crippen LogP contribution in [0.25, 0.3) is 5.76 Å². The summed E-state index contributed by atoms with van der Waals surface area (Å²) < 4.78 is 11.8. The lowest BCUT2D eigenvalue weighted by Crippen LogP contribution is -2.29. The van der Waals surface area contributed by atoms with Gasteiger partial charge in [0.05, 0.1) is 18.2 Å². The molecular weight excluding hydrogens is 504 g/mol. The van der Waals surface area contributed by atoms with Crippen LogP contribution in [0, 0.1) is 6.92 Å². The van der Waals surface area contributed by atoms with Gasteiger partial charge >= 0.3 is 0 Å². The Kier molecular flexibility index (Phi) is 7.92. The molecule has 1 aliphatic rings. The second kappa shape index (κ2) is 11.9. The number of aliphatic hydroxyl groups is 1. The summed E-state index contributed by atoms with van der Waals surface area (Å²) in [4.78, 5) is 32.5. The third-order valence-electron chi connectivity index (χ3n) is 6.68. The average Bonchev–Trinajstić information content (AvgIpc) is 3.22. The van der Waals surface area contributed by atoms with Gasteiger partial charge in [-0.15, -0.1) is 0 Å². The maximum atomic E-state index is 13.5. The van der Waals surface area contributed by atoms with Crippen molar-refractivity contribution in [1.82, 2.24) is 9.88 Å². The number of Topliss-reactive ketones (excluding diaryl/α,β-unsaturated/α-hetero) is 1. The van der Waals surface area contributed by atoms with Crippen LogP contribution >= 0.6 is 0 Å². The van der Waals surface area contributed by atoms with Gasteiger partial charge in [0.15, 0.2) is 0 Å². The van der Waals surface area contributed by atoms with E-state index in [1.54, 1.807) is 42.7 Å². The Morgan fingerprint density at radius 3 is 2.48 bits per heavy atom. The van der Waals surface area contributed by atoms with E-state index < -0.39 is 17.7 Å². The van der Waals surface area contributed by atoms with Crippen molar-refractivity contribution in [2.45, 2.75) is 32.9 Å². The fourth-order valence-corrected chi connectivity index (χ4v) is 4.78. The summed E-state index contributed by atoms with van der Waals surface area (Å²) >= 11 is 0. The number of pyridine rings is 1. The zero-order chi connectivity index (χ0) is 28.1. The van der Waals surface area contributed by atoms with E-state index >= 15 is 0 Å². The van der Waals surface area contributed by atoms with Crippen molar-refractivity contribution in [3.05, 3.63) is 125 Å². The number of ether oxygens (including phenoxy) is 2. The highest BCUT2D eigenvalue weighted by Crippen LogP contribution is 2.41. The van der Waals surface area contributed by atoms with E-state index in [1.807, 2.05) is 68.4 Å². The van der Waals surface area contributed by atoms with Crippen LogP contribution in [0.1, 0.15) is 41.6 Å². The predicted molar refractivity (Wildman–Crippen MR) is 152 cm³/mol. The van der Waals surface area contributed by atoms with Crippen molar-refractivity contribution in [1.29, 1.82) is 0 Å². The Balaban J connectivity index is 1.59. The molecule has 1 fully saturated rings. The first-order chi connectivity index (χ1) is 19.5. The third kappa shape index (κ3) is 5.59. The van der Waals surface area contributed by atoms with Crippen molar-refractivity contribution >= 4 is 17.4 Å². The summed E-state index contributed by atoms with van der Waals surface area (Å²) in [6.07, 6.45) is 4.17. The van der Waals surface area contributed by atoms with Gasteiger partial charge in [-0.25, -0.2) is 0 Å². The van der Waals surface area contributed by atoms with Gasteiger partial charge in [0.1, 0.15) is 23.0 Å². The number of nitrogens with zero attached hydrogens (tertiary/aromatic N) is 2. The number of ketones is 1. The molecule has 1 unspecified atom stereocenters. The lowest BCUT2D eigenvalue weighted by molar-refractivity contribution is -0.140. The minimum atomic E-state index is -0.837. The lowest BCUT2D eigenvalue weighted by Gasteiger charge is -2.25. The number of para-hydroxylation sites is 1. The fourth-order valence-electron chi connectivity index (χ4n) is 4.78. The molecule has 0 spiro atoms. The largest absolute Gasteiger partial charge is 0.507 e. The normalized spacial score (nSPS) is 16.2. The number of aliphatic hydroxyl groups excluding tert-OH is 1. The molecular formula is C33H30N2O5. The minimum Gasteiger partial charge on any atom is -0.507 e. The van der Waals surface area contributed by atoms with Crippen LogP contribution in [0.15, 0.2) is 103 Å². The first-order valence-electron chi connectivity index (χ1n) is 13.2. The molecule has 1 aromatic heterocycles. The molecule has 1 atom stereocenters. The first-order valence-corrected chi connectivity index (χ1v) is 13.2. The molecule has 3 aromatic carbocycles. The summed E-state index contributed by atoms with van der Waals surface area (Å²) in [5, 5.41) is 11.5. The SMILES string of the molecule is CCCOc1ccc(/C(O)=C2\C(=O)C(=O)N(Cc3cccnc3)C2c2cccc(Oc3ccccc3)c2)cc1C. The van der Waals surface area contributed by atoms with Gasteiger partial charge in [0.2, 0.25) is 0 Å². The summed E-state index contributed by atoms with van der Waals surface area (Å²) in [5.41, 5.74) is 2.67. The molecule has 2 heterocycles. The molecule has 0 aliphatic carbocycles. The van der Waals surface area contributed by atoms with E-state index in [4.69, 9.17) is 9.47 Å². The number of aryl methyl sites for hydroxylation is 1. The predicted octanol–water partition coefficient (Wildman–Crippen LogP) is 6.59. The van der Waals surface area contributed by atoms with Crippen molar-refractivity contribution in [2.75, 3.05) is 6.61 Å². The Bertz CT molecular complexity index is 1550. The van der Waals surface area contributed by atoms with Crippen LogP contribution < -0.4 is 9.47 Å². The summed E-state index contributed by atoms with van der Waals surface area (Å²) in [5.74, 6) is 0.234. The van der Waals surface area contributed by atoms with Gasteiger partial charge < -0.3 is 19.5 Å². The molecule has 7 nitrogen and oxygen atoms in total. The van der Waals surface area contributed by atoms with E-state index in [0.29, 0.717) is 35.0 Å². The summed E-state index contributed by atoms with van der Waals surface area (Å²) in [7, 11) is 0. The number of likely N-dealkylation sites (tertiary alicyclic amines) is 1. The molecule has 1 N–H and O–H groups in total. The second-order valence-electron chi connectivity index (χ2n) is 9.60. The zero-order valence-corrected chi connectivity index (χ0v) is 22.4. The molecule has 1 amide bonds. The average molecular weight is 535 g/mol. The zero-order valence-electron chi connectivity index (χ0n) is 22.4. The number of amides is 1. The highest BCUT2D eigenvalue weighted by molar-refractivity contribution is 6.46. The highest BCUT2D eigenvalue weighted by atomic mass is 16.5. The first kappa shape index (κ1) is 26.7. The van der Waals surface area contributed by atoms with Gasteiger partial charge in [0, 0.05) is 24.5 Å². The number of hydrogen-bond donors (Lipinski definition) is 1. The molecule has 1 aliphatic heterocycles. The maximum absolute atomic E-state index is 13.5. The fraction of sp³-hybridized carbons (Fsp3) is 0.182. The molecule has 40 heavy (non-hydrogen) atoms. The molecule has 4 aromatic rings. The molecule has 5 rings (SSSR count). The van der Waals surface area contributed by atoms with Crippen LogP contribution in [-0.2, 0) is 16.1 Å². The third-order valence-corrected chi connectivity index (χ3v) is 6.68. The van der Waals surface area contributed by atoms with Gasteiger partial charge in [-0.1, -0.05) is 43.3 Å². The maximum Gasteiger partial charge on any atom is 0.295 e. The standard InChI is InChI=1S/C33H30N2O5/c1-3-17-39-28-15-14-25(18-22(28)2)31(36)29-30(35(33(38)32(29)37)21-23-9-8-16-34-20-23)24-10-7-13-27(19-24)40-26-11-5-4-6-12-26/h4-16,18-20,30,36H,3,17,21H2,1-2H3/b31-29+. The Hall–Kier alpha value is -4.91. The topological polar surface area (TPSA) is 89.0 Å². The number of aromatic nitrogens is 1. The van der Waals surface area contributed by atoms with E-state index in [9.17, 15) is 14.7 Å². The molecule has 1 saturated heterocycles. The number of rotatable bonds is 9. The van der Waals surface area contributed by atoms with Crippen molar-refractivity contribution in [2.24, 2.45) is 0 Å². The van der Waals surface area contributed by atoms with Crippen molar-refractivity contribution in [3.8, 4) is 17.2 Å². The van der Waals surface area contributed by atoms with Crippen LogP contribution in [0.4, 0.5) is 0 Å². The number of carbonyl (C=O) groups excluding carboxylic acids is 2. The Morgan fingerprint density at radius 1 is 0.950 bits per heavy atom. The minimum absolute atomic E-state index is 0.0207. The van der Waals surface area contributed by atoms with Gasteiger partial charge in [-0.05, 0) is 78.6 Å². The number of carbonyl (C=O) groups is 2. The van der Waals surface area contributed by atoms with Crippen LogP contribution in [0.2, 0.25) is 0 Å². The Labute approximate surface area is 233 Å². The van der Waals surface area contributed by atoms with Gasteiger partial charge in [0.25, 0.3) is 11.7 Å². The van der Waals surface area contributed by atoms with Gasteiger partial charge in [-0.3, -0.25) is 14.6 Å². The molecule has 0 radical (unpaired) electrons. The van der Waals surface area contributed by atoms with E-state index in [2.05, 4.69) is 4.98 Å². The van der Waals surface area contributed by atoms with Gasteiger partial charge in [-0.2, -0.15) is 0 Å². The van der Waals surface area contributed by atoms with Crippen LogP contribution in [-0.4, -0.2) is 33.3 Å². The smallest absolute Gasteiger partial charge is 0.295 e. The Morgan fingerprint density at radius 2 is 1.75 bits per heavy atom. The van der Waals surface area contributed by atoms with Crippen molar-refractivity contribution in [3.63, 3.8) is 0 Å². The number of benzene rings is 3. The molecule has 7 heteroatoms. The molecule has 0 saturated carbocycles. The van der Waals surface area contributed by atoms with Crippen LogP contribution in [0.3, 0.4) is 0 Å². The summed E-state index contributed by atoms with van der Waals surface area (Å²) in [6.45, 7) is 4.63. The number of hydrogen-bond acceptors (Lipinski definition) is 6. The van der Waals surface area contributed by atoms with Crippen LogP contribution in [0.5, 0.6) is 17.2 Å². The van der Waals surface area contributed by atoms with E-state index in [0.717, 1.165) is 17.5 Å². The molecule has 0 bridgehead atoms. The quantitative estimate of drug-likeness (QED) is 0.148. The van der Waals surface area contributed by atoms with E-state index in [1.165, 1.54) is 4.90 Å². The van der Waals surface area contributed by atoms with Crippen molar-refractivity contribution < 1.29 is 24.2 Å². The summed E-state index contributed by atoms with van der Waals surface area (Å²) in [6, 6.07) is 24.6. The highest BCUT2D eigenvalue weighted by Gasteiger charge is 2.46. The molecule has 202 valence electrons.